The van der Waals surface area contributed by atoms with Crippen LogP contribution in [0.2, 0.25) is 0 Å². The molecule has 2 aromatic rings. The van der Waals surface area contributed by atoms with Crippen LogP contribution in [0, 0.1) is 0 Å². The fraction of sp³-hybridized carbons (Fsp3) is 0.471. The lowest BCUT2D eigenvalue weighted by Crippen LogP contribution is -2.30. The van der Waals surface area contributed by atoms with Gasteiger partial charge in [0.05, 0.1) is 5.56 Å². The number of aromatic nitrogens is 1. The first-order valence-corrected chi connectivity index (χ1v) is 7.95. The molecule has 5 nitrogen and oxygen atoms in total. The van der Waals surface area contributed by atoms with Gasteiger partial charge in [0, 0.05) is 42.7 Å². The van der Waals surface area contributed by atoms with E-state index in [9.17, 15) is 9.90 Å². The third-order valence-electron chi connectivity index (χ3n) is 4.61. The van der Waals surface area contributed by atoms with E-state index in [2.05, 4.69) is 16.4 Å². The minimum Gasteiger partial charge on any atom is -0.478 e. The summed E-state index contributed by atoms with van der Waals surface area (Å²) >= 11 is 0. The van der Waals surface area contributed by atoms with E-state index in [-0.39, 0.29) is 0 Å². The number of benzene rings is 1. The van der Waals surface area contributed by atoms with Crippen LogP contribution in [0.25, 0.3) is 10.9 Å². The summed E-state index contributed by atoms with van der Waals surface area (Å²) in [5.41, 5.74) is 9.83. The molecule has 0 aliphatic carbocycles. The summed E-state index contributed by atoms with van der Waals surface area (Å²) in [6.07, 6.45) is 1.96. The van der Waals surface area contributed by atoms with Gasteiger partial charge in [-0.05, 0) is 43.3 Å². The molecule has 0 amide bonds. The van der Waals surface area contributed by atoms with Crippen molar-refractivity contribution in [3.05, 3.63) is 35.0 Å². The van der Waals surface area contributed by atoms with E-state index in [1.165, 1.54) is 11.3 Å². The topological polar surface area (TPSA) is 71.5 Å². The number of hydrogen-bond acceptors (Lipinski definition) is 3. The summed E-state index contributed by atoms with van der Waals surface area (Å²) in [5, 5.41) is 10.3. The summed E-state index contributed by atoms with van der Waals surface area (Å²) in [5.74, 6) is -0.867. The minimum atomic E-state index is -0.867. The second kappa shape index (κ2) is 6.10. The maximum absolute atomic E-state index is 11.3. The Hall–Kier alpha value is -1.85. The third kappa shape index (κ3) is 2.51. The molecule has 1 aromatic heterocycles. The van der Waals surface area contributed by atoms with Gasteiger partial charge in [-0.25, -0.2) is 4.79 Å². The van der Waals surface area contributed by atoms with Crippen molar-refractivity contribution in [1.82, 2.24) is 9.47 Å². The van der Waals surface area contributed by atoms with Gasteiger partial charge in [0.15, 0.2) is 0 Å². The van der Waals surface area contributed by atoms with Crippen molar-refractivity contribution in [3.8, 4) is 0 Å². The molecule has 0 atom stereocenters. The molecule has 0 fully saturated rings. The molecule has 22 heavy (non-hydrogen) atoms. The lowest BCUT2D eigenvalue weighted by Gasteiger charge is -2.26. The molecule has 5 heteroatoms. The average molecular weight is 301 g/mol. The Kier molecular flexibility index (Phi) is 4.18. The lowest BCUT2D eigenvalue weighted by molar-refractivity contribution is 0.0697. The Morgan fingerprint density at radius 3 is 2.91 bits per heavy atom. The molecular formula is C17H23N3O2. The number of carboxylic acid groups (broad SMARTS) is 1. The molecule has 1 aliphatic heterocycles. The van der Waals surface area contributed by atoms with Crippen molar-refractivity contribution in [1.29, 1.82) is 0 Å². The first kappa shape index (κ1) is 15.1. The number of fused-ring (bicyclic) bond motifs is 3. The highest BCUT2D eigenvalue weighted by Crippen LogP contribution is 2.32. The molecule has 118 valence electrons. The number of aryl methyl sites for hydroxylation is 1. The smallest absolute Gasteiger partial charge is 0.335 e. The van der Waals surface area contributed by atoms with Crippen LogP contribution in [-0.4, -0.2) is 40.2 Å². The maximum Gasteiger partial charge on any atom is 0.335 e. The molecule has 3 N–H and O–H groups in total. The van der Waals surface area contributed by atoms with E-state index >= 15 is 0 Å². The van der Waals surface area contributed by atoms with Crippen molar-refractivity contribution in [2.24, 2.45) is 5.73 Å². The van der Waals surface area contributed by atoms with Gasteiger partial charge in [-0.1, -0.05) is 6.92 Å². The quantitative estimate of drug-likeness (QED) is 0.887. The number of nitrogens with zero attached hydrogens (tertiary/aromatic N) is 2. The van der Waals surface area contributed by atoms with Gasteiger partial charge in [0.1, 0.15) is 0 Å². The number of aromatic carboxylic acids is 1. The largest absolute Gasteiger partial charge is 0.478 e. The molecule has 0 bridgehead atoms. The predicted octanol–water partition coefficient (Wildman–Crippen LogP) is 2.07. The van der Waals surface area contributed by atoms with Crippen LogP contribution < -0.4 is 5.73 Å². The van der Waals surface area contributed by atoms with E-state index < -0.39 is 5.97 Å². The van der Waals surface area contributed by atoms with Crippen molar-refractivity contribution >= 4 is 16.9 Å². The fourth-order valence-electron chi connectivity index (χ4n) is 3.41. The van der Waals surface area contributed by atoms with E-state index in [0.29, 0.717) is 12.1 Å². The van der Waals surface area contributed by atoms with E-state index in [1.807, 2.05) is 12.1 Å². The molecule has 0 unspecified atom stereocenters. The van der Waals surface area contributed by atoms with Crippen molar-refractivity contribution in [3.63, 3.8) is 0 Å². The van der Waals surface area contributed by atoms with Crippen LogP contribution in [-0.2, 0) is 19.5 Å². The van der Waals surface area contributed by atoms with Crippen LogP contribution in [0.5, 0.6) is 0 Å². The Labute approximate surface area is 130 Å². The Bertz CT molecular complexity index is 705. The number of rotatable bonds is 5. The highest BCUT2D eigenvalue weighted by molar-refractivity contribution is 5.95. The Morgan fingerprint density at radius 1 is 1.41 bits per heavy atom. The lowest BCUT2D eigenvalue weighted by atomic mass is 10.0. The molecule has 0 saturated carbocycles. The van der Waals surface area contributed by atoms with E-state index in [1.54, 1.807) is 6.07 Å². The number of likely N-dealkylation sites (N-methyl/N-ethyl adjacent to an activating group) is 1. The summed E-state index contributed by atoms with van der Waals surface area (Å²) in [6, 6.07) is 5.48. The highest BCUT2D eigenvalue weighted by atomic mass is 16.4. The Morgan fingerprint density at radius 2 is 2.23 bits per heavy atom. The standard InChI is InChI=1S/C17H23N3O2/c1-2-19-9-6-16-14(11-19)13-10-12(17(21)22)4-5-15(13)20(16)8-3-7-18/h4-5,10H,2-3,6-9,11,18H2,1H3,(H,21,22). The predicted molar refractivity (Wildman–Crippen MR) is 87.2 cm³/mol. The maximum atomic E-state index is 11.3. The van der Waals surface area contributed by atoms with Crippen LogP contribution in [0.4, 0.5) is 0 Å². The van der Waals surface area contributed by atoms with Crippen LogP contribution in [0.1, 0.15) is 35.0 Å². The summed E-state index contributed by atoms with van der Waals surface area (Å²) in [4.78, 5) is 13.7. The van der Waals surface area contributed by atoms with Gasteiger partial charge in [0.2, 0.25) is 0 Å². The molecule has 2 heterocycles. The van der Waals surface area contributed by atoms with Gasteiger partial charge < -0.3 is 15.4 Å². The van der Waals surface area contributed by atoms with E-state index in [4.69, 9.17) is 5.73 Å². The van der Waals surface area contributed by atoms with Crippen molar-refractivity contribution < 1.29 is 9.90 Å². The van der Waals surface area contributed by atoms with Gasteiger partial charge in [-0.2, -0.15) is 0 Å². The zero-order valence-electron chi connectivity index (χ0n) is 13.0. The molecule has 0 spiro atoms. The van der Waals surface area contributed by atoms with Gasteiger partial charge >= 0.3 is 5.97 Å². The van der Waals surface area contributed by atoms with Crippen LogP contribution >= 0.6 is 0 Å². The van der Waals surface area contributed by atoms with E-state index in [0.717, 1.165) is 49.9 Å². The molecular weight excluding hydrogens is 278 g/mol. The van der Waals surface area contributed by atoms with Gasteiger partial charge in [-0.15, -0.1) is 0 Å². The summed E-state index contributed by atoms with van der Waals surface area (Å²) in [6.45, 7) is 6.73. The van der Waals surface area contributed by atoms with Gasteiger partial charge in [0.25, 0.3) is 0 Å². The van der Waals surface area contributed by atoms with Crippen molar-refractivity contribution in [2.75, 3.05) is 19.6 Å². The molecule has 1 aromatic carbocycles. The molecule has 3 rings (SSSR count). The van der Waals surface area contributed by atoms with Crippen molar-refractivity contribution in [2.45, 2.75) is 32.9 Å². The zero-order valence-corrected chi connectivity index (χ0v) is 13.0. The third-order valence-corrected chi connectivity index (χ3v) is 4.61. The number of hydrogen-bond donors (Lipinski definition) is 2. The second-order valence-electron chi connectivity index (χ2n) is 5.87. The summed E-state index contributed by atoms with van der Waals surface area (Å²) < 4.78 is 2.34. The average Bonchev–Trinajstić information content (AvgIpc) is 2.85. The highest BCUT2D eigenvalue weighted by Gasteiger charge is 2.23. The molecule has 1 aliphatic rings. The van der Waals surface area contributed by atoms with Crippen LogP contribution in [0.3, 0.4) is 0 Å². The van der Waals surface area contributed by atoms with Gasteiger partial charge in [-0.3, -0.25) is 4.90 Å². The second-order valence-corrected chi connectivity index (χ2v) is 5.87. The monoisotopic (exact) mass is 301 g/mol. The molecule has 0 radical (unpaired) electrons. The minimum absolute atomic E-state index is 0.361. The first-order valence-electron chi connectivity index (χ1n) is 7.95. The number of carbonyl (C=O) groups is 1. The van der Waals surface area contributed by atoms with Crippen LogP contribution in [0.15, 0.2) is 18.2 Å². The summed E-state index contributed by atoms with van der Waals surface area (Å²) in [7, 11) is 0. The fourth-order valence-corrected chi connectivity index (χ4v) is 3.41. The number of nitrogens with two attached hydrogens (primary N) is 1. The zero-order chi connectivity index (χ0) is 15.7. The molecule has 0 saturated heterocycles. The Balaban J connectivity index is 2.15. The first-order chi connectivity index (χ1) is 10.7. The normalized spacial score (nSPS) is 15.2. The SMILES string of the molecule is CCN1CCc2c(c3cc(C(=O)O)ccc3n2CCCN)C1. The number of carboxylic acids is 1.